The quantitative estimate of drug-likeness (QED) is 0.680. The molecule has 0 spiro atoms. The fourth-order valence-electron chi connectivity index (χ4n) is 2.38. The third-order valence-corrected chi connectivity index (χ3v) is 3.71. The summed E-state index contributed by atoms with van der Waals surface area (Å²) >= 11 is 6.09. The topological polar surface area (TPSA) is 67.8 Å². The SMILES string of the molecule is COC(=O)C1N=C(c2ccccc2)c2cc(Cl)ccc2NC1=O. The fraction of sp³-hybridized carbons (Fsp3) is 0.118. The van der Waals surface area contributed by atoms with E-state index in [-0.39, 0.29) is 0 Å². The first-order valence-corrected chi connectivity index (χ1v) is 7.30. The summed E-state index contributed by atoms with van der Waals surface area (Å²) in [5.74, 6) is -1.25. The van der Waals surface area contributed by atoms with Crippen molar-refractivity contribution in [2.75, 3.05) is 12.4 Å². The summed E-state index contributed by atoms with van der Waals surface area (Å²) in [7, 11) is 1.22. The van der Waals surface area contributed by atoms with Crippen molar-refractivity contribution in [3.63, 3.8) is 0 Å². The van der Waals surface area contributed by atoms with Gasteiger partial charge < -0.3 is 10.1 Å². The predicted molar refractivity (Wildman–Crippen MR) is 88.0 cm³/mol. The van der Waals surface area contributed by atoms with Crippen LogP contribution in [-0.4, -0.2) is 30.7 Å². The van der Waals surface area contributed by atoms with Crippen molar-refractivity contribution < 1.29 is 14.3 Å². The summed E-state index contributed by atoms with van der Waals surface area (Å²) < 4.78 is 4.69. The number of esters is 1. The van der Waals surface area contributed by atoms with E-state index in [2.05, 4.69) is 15.0 Å². The van der Waals surface area contributed by atoms with Gasteiger partial charge in [0.2, 0.25) is 6.04 Å². The van der Waals surface area contributed by atoms with E-state index >= 15 is 0 Å². The molecule has 0 aromatic heterocycles. The summed E-state index contributed by atoms with van der Waals surface area (Å²) in [6.45, 7) is 0. The Morgan fingerprint density at radius 2 is 1.96 bits per heavy atom. The maximum absolute atomic E-state index is 12.3. The van der Waals surface area contributed by atoms with Crippen LogP contribution in [0.15, 0.2) is 53.5 Å². The molecule has 116 valence electrons. The van der Waals surface area contributed by atoms with Gasteiger partial charge in [-0.15, -0.1) is 0 Å². The molecule has 2 aromatic carbocycles. The molecule has 0 bridgehead atoms. The van der Waals surface area contributed by atoms with Crippen LogP contribution in [0.25, 0.3) is 0 Å². The van der Waals surface area contributed by atoms with Gasteiger partial charge in [0.25, 0.3) is 5.91 Å². The monoisotopic (exact) mass is 328 g/mol. The Labute approximate surface area is 137 Å². The zero-order valence-corrected chi connectivity index (χ0v) is 13.0. The maximum Gasteiger partial charge on any atom is 0.340 e. The number of carbonyl (C=O) groups excluding carboxylic acids is 2. The van der Waals surface area contributed by atoms with E-state index in [9.17, 15) is 9.59 Å². The first kappa shape index (κ1) is 15.2. The van der Waals surface area contributed by atoms with Crippen LogP contribution in [0.2, 0.25) is 5.02 Å². The number of carbonyl (C=O) groups is 2. The lowest BCUT2D eigenvalue weighted by Gasteiger charge is -2.10. The number of benzene rings is 2. The first-order chi connectivity index (χ1) is 11.1. The van der Waals surface area contributed by atoms with Gasteiger partial charge in [0.1, 0.15) is 0 Å². The van der Waals surface area contributed by atoms with Gasteiger partial charge in [-0.05, 0) is 18.2 Å². The molecule has 3 rings (SSSR count). The van der Waals surface area contributed by atoms with Gasteiger partial charge in [0.05, 0.1) is 18.5 Å². The number of halogens is 1. The molecule has 2 aromatic rings. The van der Waals surface area contributed by atoms with Gasteiger partial charge in [-0.1, -0.05) is 41.9 Å². The van der Waals surface area contributed by atoms with Crippen LogP contribution < -0.4 is 5.32 Å². The van der Waals surface area contributed by atoms with Gasteiger partial charge in [-0.25, -0.2) is 4.79 Å². The molecular formula is C17H13ClN2O3. The van der Waals surface area contributed by atoms with E-state index in [1.165, 1.54) is 7.11 Å². The Morgan fingerprint density at radius 1 is 1.22 bits per heavy atom. The van der Waals surface area contributed by atoms with Crippen molar-refractivity contribution in [1.29, 1.82) is 0 Å². The second kappa shape index (κ2) is 6.22. The van der Waals surface area contributed by atoms with Gasteiger partial charge in [-0.3, -0.25) is 9.79 Å². The minimum atomic E-state index is -1.26. The number of amides is 1. The summed E-state index contributed by atoms with van der Waals surface area (Å²) in [5.41, 5.74) is 2.50. The lowest BCUT2D eigenvalue weighted by Crippen LogP contribution is -2.34. The van der Waals surface area contributed by atoms with Crippen LogP contribution in [0.3, 0.4) is 0 Å². The summed E-state index contributed by atoms with van der Waals surface area (Å²) in [6, 6.07) is 13.1. The molecular weight excluding hydrogens is 316 g/mol. The highest BCUT2D eigenvalue weighted by Crippen LogP contribution is 2.27. The molecule has 1 heterocycles. The summed E-state index contributed by atoms with van der Waals surface area (Å²) in [6.07, 6.45) is 0. The van der Waals surface area contributed by atoms with Crippen LogP contribution in [-0.2, 0) is 14.3 Å². The number of fused-ring (bicyclic) bond motifs is 1. The van der Waals surface area contributed by atoms with Crippen LogP contribution in [0.4, 0.5) is 5.69 Å². The number of nitrogens with zero attached hydrogens (tertiary/aromatic N) is 1. The molecule has 6 heteroatoms. The number of rotatable bonds is 2. The van der Waals surface area contributed by atoms with Crippen molar-refractivity contribution in [1.82, 2.24) is 0 Å². The van der Waals surface area contributed by atoms with E-state index in [1.54, 1.807) is 18.2 Å². The number of nitrogens with one attached hydrogen (secondary N) is 1. The highest BCUT2D eigenvalue weighted by atomic mass is 35.5. The van der Waals surface area contributed by atoms with Gasteiger partial charge in [-0.2, -0.15) is 0 Å². The number of anilines is 1. The average Bonchev–Trinajstić information content (AvgIpc) is 2.71. The number of hydrogen-bond acceptors (Lipinski definition) is 4. The molecule has 0 saturated heterocycles. The first-order valence-electron chi connectivity index (χ1n) is 6.92. The Hall–Kier alpha value is -2.66. The van der Waals surface area contributed by atoms with Crippen molar-refractivity contribution in [3.8, 4) is 0 Å². The van der Waals surface area contributed by atoms with Crippen LogP contribution in [0.1, 0.15) is 11.1 Å². The number of hydrogen-bond donors (Lipinski definition) is 1. The van der Waals surface area contributed by atoms with Crippen LogP contribution >= 0.6 is 11.6 Å². The second-order valence-corrected chi connectivity index (χ2v) is 5.39. The Kier molecular flexibility index (Phi) is 4.12. The molecule has 0 saturated carbocycles. The fourth-order valence-corrected chi connectivity index (χ4v) is 2.55. The Balaban J connectivity index is 2.23. The molecule has 1 amide bonds. The third-order valence-electron chi connectivity index (χ3n) is 3.47. The highest BCUT2D eigenvalue weighted by Gasteiger charge is 2.32. The molecule has 1 unspecified atom stereocenters. The smallest absolute Gasteiger partial charge is 0.340 e. The molecule has 0 radical (unpaired) electrons. The van der Waals surface area contributed by atoms with E-state index in [1.807, 2.05) is 30.3 Å². The lowest BCUT2D eigenvalue weighted by molar-refractivity contribution is -0.144. The van der Waals surface area contributed by atoms with Crippen molar-refractivity contribution in [2.45, 2.75) is 6.04 Å². The summed E-state index contributed by atoms with van der Waals surface area (Å²) in [5, 5.41) is 3.21. The van der Waals surface area contributed by atoms with Crippen LogP contribution in [0, 0.1) is 0 Å². The van der Waals surface area contributed by atoms with Crippen LogP contribution in [0.5, 0.6) is 0 Å². The minimum Gasteiger partial charge on any atom is -0.467 e. The van der Waals surface area contributed by atoms with Crippen molar-refractivity contribution in [2.24, 2.45) is 4.99 Å². The average molecular weight is 329 g/mol. The second-order valence-electron chi connectivity index (χ2n) is 4.95. The Bertz CT molecular complexity index is 803. The Morgan fingerprint density at radius 3 is 2.65 bits per heavy atom. The summed E-state index contributed by atoms with van der Waals surface area (Å²) in [4.78, 5) is 28.5. The molecule has 0 aliphatic carbocycles. The largest absolute Gasteiger partial charge is 0.467 e. The molecule has 23 heavy (non-hydrogen) atoms. The predicted octanol–water partition coefficient (Wildman–Crippen LogP) is 2.67. The van der Waals surface area contributed by atoms with Gasteiger partial charge in [0.15, 0.2) is 0 Å². The maximum atomic E-state index is 12.3. The zero-order chi connectivity index (χ0) is 16.4. The minimum absolute atomic E-state index is 0.511. The highest BCUT2D eigenvalue weighted by molar-refractivity contribution is 6.32. The van der Waals surface area contributed by atoms with E-state index < -0.39 is 17.9 Å². The molecule has 1 atom stereocenters. The van der Waals surface area contributed by atoms with Crippen molar-refractivity contribution in [3.05, 3.63) is 64.7 Å². The number of ether oxygens (including phenoxy) is 1. The molecule has 5 nitrogen and oxygen atoms in total. The van der Waals surface area contributed by atoms with Gasteiger partial charge >= 0.3 is 5.97 Å². The van der Waals surface area contributed by atoms with E-state index in [4.69, 9.17) is 11.6 Å². The van der Waals surface area contributed by atoms with Gasteiger partial charge in [0, 0.05) is 16.1 Å². The van der Waals surface area contributed by atoms with E-state index in [0.717, 1.165) is 5.56 Å². The van der Waals surface area contributed by atoms with E-state index in [0.29, 0.717) is 22.0 Å². The molecule has 1 aliphatic rings. The van der Waals surface area contributed by atoms with Crippen molar-refractivity contribution >= 4 is 34.9 Å². The number of aliphatic imine (C=N–C) groups is 1. The third kappa shape index (κ3) is 2.96. The molecule has 1 aliphatic heterocycles. The standard InChI is InChI=1S/C17H13ClN2O3/c1-23-17(22)15-16(21)19-13-8-7-11(18)9-12(13)14(20-15)10-5-3-2-4-6-10/h2-9,15H,1H3,(H,19,21). The zero-order valence-electron chi connectivity index (χ0n) is 12.2. The number of benzodiazepines with no additional fused rings is 1. The molecule has 0 fully saturated rings. The number of methoxy groups -OCH3 is 1. The normalized spacial score (nSPS) is 16.7. The lowest BCUT2D eigenvalue weighted by atomic mass is 10.0. The molecule has 1 N–H and O–H groups in total.